The first kappa shape index (κ1) is 25.7. The van der Waals surface area contributed by atoms with Gasteiger partial charge < -0.3 is 23.7 Å². The highest BCUT2D eigenvalue weighted by molar-refractivity contribution is 7.17. The Morgan fingerprint density at radius 2 is 2.05 bits per heavy atom. The second kappa shape index (κ2) is 10.7. The summed E-state index contributed by atoms with van der Waals surface area (Å²) in [5.41, 5.74) is 0.579. The van der Waals surface area contributed by atoms with E-state index >= 15 is 0 Å². The predicted molar refractivity (Wildman–Crippen MR) is 134 cm³/mol. The summed E-state index contributed by atoms with van der Waals surface area (Å²) in [5.74, 6) is -2.13. The Morgan fingerprint density at radius 1 is 1.27 bits per heavy atom. The lowest BCUT2D eigenvalue weighted by Crippen LogP contribution is -2.31. The first-order chi connectivity index (χ1) is 17.8. The Labute approximate surface area is 216 Å². The number of aliphatic hydroxyl groups excluding tert-OH is 1. The van der Waals surface area contributed by atoms with E-state index in [1.165, 1.54) is 30.4 Å². The second-order valence-electron chi connectivity index (χ2n) is 7.79. The summed E-state index contributed by atoms with van der Waals surface area (Å²) in [5, 5.41) is 11.0. The minimum Gasteiger partial charge on any atom is -0.503 e. The smallest absolute Gasteiger partial charge is 0.350 e. The number of thiazole rings is 1. The number of anilines is 1. The molecule has 0 radical (unpaired) electrons. The maximum absolute atomic E-state index is 13.4. The van der Waals surface area contributed by atoms with Gasteiger partial charge in [0.1, 0.15) is 11.5 Å². The number of benzene rings is 1. The van der Waals surface area contributed by atoms with E-state index in [-0.39, 0.29) is 27.9 Å². The van der Waals surface area contributed by atoms with E-state index in [0.29, 0.717) is 29.4 Å². The molecule has 1 aliphatic heterocycles. The number of nitrogens with zero attached hydrogens (tertiary/aromatic N) is 2. The van der Waals surface area contributed by atoms with Crippen molar-refractivity contribution in [3.63, 3.8) is 0 Å². The molecule has 3 heterocycles. The number of carbonyl (C=O) groups is 3. The fourth-order valence-electron chi connectivity index (χ4n) is 3.89. The summed E-state index contributed by atoms with van der Waals surface area (Å²) in [6, 6.07) is 6.79. The van der Waals surface area contributed by atoms with Gasteiger partial charge in [-0.05, 0) is 43.7 Å². The van der Waals surface area contributed by atoms with E-state index < -0.39 is 29.5 Å². The zero-order valence-corrected chi connectivity index (χ0v) is 21.2. The molecule has 1 aromatic carbocycles. The largest absolute Gasteiger partial charge is 0.503 e. The van der Waals surface area contributed by atoms with Gasteiger partial charge in [-0.3, -0.25) is 14.5 Å². The first-order valence-electron chi connectivity index (χ1n) is 11.2. The van der Waals surface area contributed by atoms with Crippen molar-refractivity contribution in [1.82, 2.24) is 4.98 Å². The van der Waals surface area contributed by atoms with Crippen molar-refractivity contribution in [2.75, 3.05) is 25.2 Å². The number of hydrogen-bond acceptors (Lipinski definition) is 10. The van der Waals surface area contributed by atoms with E-state index in [1.54, 1.807) is 38.1 Å². The molecule has 1 aliphatic rings. The molecule has 1 atom stereocenters. The fourth-order valence-corrected chi connectivity index (χ4v) is 4.90. The summed E-state index contributed by atoms with van der Waals surface area (Å²) in [6.45, 7) is 7.62. The molecular formula is C26H24N2O8S. The predicted octanol–water partition coefficient (Wildman–Crippen LogP) is 4.58. The Kier molecular flexibility index (Phi) is 7.44. The van der Waals surface area contributed by atoms with Crippen LogP contribution in [0.2, 0.25) is 0 Å². The van der Waals surface area contributed by atoms with Crippen LogP contribution in [0.4, 0.5) is 5.13 Å². The van der Waals surface area contributed by atoms with Crippen LogP contribution in [0.15, 0.2) is 65.0 Å². The van der Waals surface area contributed by atoms with Crippen LogP contribution < -0.4 is 14.4 Å². The van der Waals surface area contributed by atoms with E-state index in [1.807, 2.05) is 0 Å². The summed E-state index contributed by atoms with van der Waals surface area (Å²) in [6.07, 6.45) is 2.91. The molecule has 3 aromatic rings. The third kappa shape index (κ3) is 4.73. The number of rotatable bonds is 10. The number of furan rings is 1. The van der Waals surface area contributed by atoms with Crippen molar-refractivity contribution in [3.05, 3.63) is 82.5 Å². The number of carbonyl (C=O) groups excluding carboxylic acids is 3. The Hall–Kier alpha value is -4.38. The lowest BCUT2D eigenvalue weighted by molar-refractivity contribution is -0.117. The molecule has 1 unspecified atom stereocenters. The molecule has 4 rings (SSSR count). The molecule has 11 heteroatoms. The summed E-state index contributed by atoms with van der Waals surface area (Å²) >= 11 is 0.914. The van der Waals surface area contributed by atoms with Crippen molar-refractivity contribution in [2.24, 2.45) is 0 Å². The topological polar surface area (TPSA) is 128 Å². The molecule has 0 bridgehead atoms. The van der Waals surface area contributed by atoms with Gasteiger partial charge in [0, 0.05) is 0 Å². The standard InChI is InChI=1S/C26H24N2O8S/c1-5-11-35-16-10-9-15(13-18(16)34-6-2)20-19(21(29)17-8-7-12-36-17)22(30)24(31)28(20)26-27-14(3)23(37-26)25(32)33-4/h5,7-10,12-13,20,30H,1,6,11H2,2-4H3. The Morgan fingerprint density at radius 3 is 2.70 bits per heavy atom. The van der Waals surface area contributed by atoms with Crippen molar-refractivity contribution in [1.29, 1.82) is 0 Å². The van der Waals surface area contributed by atoms with Crippen LogP contribution in [0.1, 0.15) is 44.4 Å². The van der Waals surface area contributed by atoms with Gasteiger partial charge >= 0.3 is 5.97 Å². The van der Waals surface area contributed by atoms with Gasteiger partial charge in [-0.25, -0.2) is 9.78 Å². The number of hydrogen-bond donors (Lipinski definition) is 1. The summed E-state index contributed by atoms with van der Waals surface area (Å²) < 4.78 is 21.5. The SMILES string of the molecule is C=CCOc1ccc(C2C(C(=O)c3ccco3)=C(O)C(=O)N2c2nc(C)c(C(=O)OC)s2)cc1OCC. The number of aryl methyl sites for hydroxylation is 1. The minimum atomic E-state index is -1.10. The van der Waals surface area contributed by atoms with Crippen molar-refractivity contribution >= 4 is 34.1 Å². The van der Waals surface area contributed by atoms with E-state index in [2.05, 4.69) is 11.6 Å². The average molecular weight is 525 g/mol. The van der Waals surface area contributed by atoms with Crippen LogP contribution in [-0.2, 0) is 9.53 Å². The number of aromatic nitrogens is 1. The molecule has 0 saturated heterocycles. The summed E-state index contributed by atoms with van der Waals surface area (Å²) in [7, 11) is 1.24. The Bertz CT molecular complexity index is 1390. The second-order valence-corrected chi connectivity index (χ2v) is 8.77. The van der Waals surface area contributed by atoms with Gasteiger partial charge in [0.05, 0.1) is 37.3 Å². The van der Waals surface area contributed by atoms with E-state index in [0.717, 1.165) is 11.3 Å². The monoisotopic (exact) mass is 524 g/mol. The molecular weight excluding hydrogens is 500 g/mol. The van der Waals surface area contributed by atoms with Gasteiger partial charge in [-0.2, -0.15) is 0 Å². The van der Waals surface area contributed by atoms with Gasteiger partial charge in [0.2, 0.25) is 5.78 Å². The van der Waals surface area contributed by atoms with Crippen LogP contribution in [0.5, 0.6) is 11.5 Å². The van der Waals surface area contributed by atoms with Gasteiger partial charge in [-0.1, -0.05) is 30.1 Å². The van der Waals surface area contributed by atoms with Crippen molar-refractivity contribution < 1.29 is 38.1 Å². The van der Waals surface area contributed by atoms with Gasteiger partial charge in [0.25, 0.3) is 5.91 Å². The molecule has 192 valence electrons. The molecule has 1 N–H and O–H groups in total. The zero-order valence-electron chi connectivity index (χ0n) is 20.3. The molecule has 0 aliphatic carbocycles. The highest BCUT2D eigenvalue weighted by Gasteiger charge is 2.47. The van der Waals surface area contributed by atoms with Crippen LogP contribution in [-0.4, -0.2) is 48.1 Å². The average Bonchev–Trinajstić information content (AvgIpc) is 3.62. The fraction of sp³-hybridized carbons (Fsp3) is 0.231. The zero-order chi connectivity index (χ0) is 26.7. The highest BCUT2D eigenvalue weighted by Crippen LogP contribution is 2.45. The number of ether oxygens (including phenoxy) is 3. The number of amides is 1. The lowest BCUT2D eigenvalue weighted by Gasteiger charge is -2.25. The molecule has 0 spiro atoms. The van der Waals surface area contributed by atoms with E-state index in [4.69, 9.17) is 18.6 Å². The quantitative estimate of drug-likeness (QED) is 0.230. The molecule has 37 heavy (non-hydrogen) atoms. The molecule has 1 amide bonds. The molecule has 10 nitrogen and oxygen atoms in total. The van der Waals surface area contributed by atoms with Crippen molar-refractivity contribution in [2.45, 2.75) is 19.9 Å². The normalized spacial score (nSPS) is 15.2. The minimum absolute atomic E-state index is 0.0530. The van der Waals surface area contributed by atoms with Gasteiger partial charge in [-0.15, -0.1) is 0 Å². The van der Waals surface area contributed by atoms with Crippen molar-refractivity contribution in [3.8, 4) is 11.5 Å². The molecule has 0 fully saturated rings. The van der Waals surface area contributed by atoms with Gasteiger partial charge in [0.15, 0.2) is 28.1 Å². The maximum Gasteiger partial charge on any atom is 0.350 e. The van der Waals surface area contributed by atoms with Crippen LogP contribution in [0.3, 0.4) is 0 Å². The van der Waals surface area contributed by atoms with Crippen LogP contribution >= 0.6 is 11.3 Å². The number of methoxy groups -OCH3 is 1. The lowest BCUT2D eigenvalue weighted by atomic mass is 9.95. The third-order valence-corrected chi connectivity index (χ3v) is 6.64. The first-order valence-corrected chi connectivity index (χ1v) is 12.0. The number of ketones is 1. The molecule has 2 aromatic heterocycles. The highest BCUT2D eigenvalue weighted by atomic mass is 32.1. The van der Waals surface area contributed by atoms with E-state index in [9.17, 15) is 19.5 Å². The van der Waals surface area contributed by atoms with Crippen LogP contribution in [0, 0.1) is 6.92 Å². The number of esters is 1. The number of aliphatic hydroxyl groups is 1. The summed E-state index contributed by atoms with van der Waals surface area (Å²) in [4.78, 5) is 44.7. The third-order valence-electron chi connectivity index (χ3n) is 5.50. The van der Waals surface area contributed by atoms with Crippen LogP contribution in [0.25, 0.3) is 0 Å². The Balaban J connectivity index is 1.88. The number of Topliss-reactive ketones (excluding diaryl/α,β-unsaturated/α-hetero) is 1. The molecule has 0 saturated carbocycles. The maximum atomic E-state index is 13.4.